The molecule has 1 aromatic carbocycles. The minimum absolute atomic E-state index is 0.259. The molecule has 102 valence electrons. The zero-order valence-corrected chi connectivity index (χ0v) is 12.5. The molecule has 0 fully saturated rings. The van der Waals surface area contributed by atoms with Crippen LogP contribution in [-0.2, 0) is 9.84 Å². The summed E-state index contributed by atoms with van der Waals surface area (Å²) in [6.07, 6.45) is 2.49. The standard InChI is InChI=1S/C12H11Cl2NO3S/c1-6(19(2,17)18)12(16)8-5-15-10-4-7(13)3-9(14)11(8)10/h3-6,15H,1-2H3. The number of rotatable bonds is 3. The highest BCUT2D eigenvalue weighted by atomic mass is 35.5. The van der Waals surface area contributed by atoms with Gasteiger partial charge in [-0.05, 0) is 19.1 Å². The Hall–Kier alpha value is -1.04. The van der Waals surface area contributed by atoms with Crippen molar-refractivity contribution in [2.45, 2.75) is 12.2 Å². The van der Waals surface area contributed by atoms with Crippen LogP contribution in [0.1, 0.15) is 17.3 Å². The monoisotopic (exact) mass is 319 g/mol. The number of hydrogen-bond donors (Lipinski definition) is 1. The number of carbonyl (C=O) groups excluding carboxylic acids is 1. The predicted octanol–water partition coefficient (Wildman–Crippen LogP) is 3.09. The molecule has 19 heavy (non-hydrogen) atoms. The van der Waals surface area contributed by atoms with Gasteiger partial charge in [0, 0.05) is 33.9 Å². The van der Waals surface area contributed by atoms with Gasteiger partial charge >= 0.3 is 0 Å². The predicted molar refractivity (Wildman–Crippen MR) is 77.0 cm³/mol. The Bertz CT molecular complexity index is 765. The molecule has 1 N–H and O–H groups in total. The Morgan fingerprint density at radius 2 is 1.95 bits per heavy atom. The van der Waals surface area contributed by atoms with Crippen LogP contribution < -0.4 is 0 Å². The molecule has 0 aliphatic heterocycles. The van der Waals surface area contributed by atoms with E-state index in [1.807, 2.05) is 0 Å². The number of fused-ring (bicyclic) bond motifs is 1. The average molecular weight is 320 g/mol. The van der Waals surface area contributed by atoms with E-state index >= 15 is 0 Å². The van der Waals surface area contributed by atoms with Crippen LogP contribution >= 0.6 is 23.2 Å². The Balaban J connectivity index is 2.62. The first-order chi connectivity index (χ1) is 8.71. The number of benzene rings is 1. The zero-order chi connectivity index (χ0) is 14.4. The second kappa shape index (κ2) is 4.81. The first-order valence-corrected chi connectivity index (χ1v) is 8.12. The van der Waals surface area contributed by atoms with E-state index < -0.39 is 20.9 Å². The fourth-order valence-corrected chi connectivity index (χ4v) is 2.90. The van der Waals surface area contributed by atoms with Gasteiger partial charge in [-0.1, -0.05) is 23.2 Å². The lowest BCUT2D eigenvalue weighted by molar-refractivity contribution is 0.0993. The van der Waals surface area contributed by atoms with Crippen molar-refractivity contribution in [3.8, 4) is 0 Å². The molecule has 0 aliphatic carbocycles. The van der Waals surface area contributed by atoms with Gasteiger partial charge in [0.05, 0.1) is 5.02 Å². The molecule has 1 unspecified atom stereocenters. The zero-order valence-electron chi connectivity index (χ0n) is 10.2. The molecule has 2 rings (SSSR count). The molecule has 0 spiro atoms. The minimum atomic E-state index is -3.45. The lowest BCUT2D eigenvalue weighted by Gasteiger charge is -2.07. The summed E-state index contributed by atoms with van der Waals surface area (Å²) in [7, 11) is -3.45. The summed E-state index contributed by atoms with van der Waals surface area (Å²) in [5.74, 6) is -0.488. The Kier molecular flexibility index (Phi) is 3.64. The van der Waals surface area contributed by atoms with E-state index in [0.717, 1.165) is 6.26 Å². The maximum atomic E-state index is 12.2. The highest BCUT2D eigenvalue weighted by Gasteiger charge is 2.27. The van der Waals surface area contributed by atoms with Gasteiger partial charge in [0.15, 0.2) is 15.6 Å². The van der Waals surface area contributed by atoms with Gasteiger partial charge < -0.3 is 4.98 Å². The summed E-state index contributed by atoms with van der Waals surface area (Å²) in [6, 6.07) is 3.14. The molecule has 0 amide bonds. The molecule has 0 aliphatic rings. The number of H-pyrrole nitrogens is 1. The van der Waals surface area contributed by atoms with Crippen LogP contribution in [0.15, 0.2) is 18.3 Å². The van der Waals surface area contributed by atoms with Crippen molar-refractivity contribution in [1.82, 2.24) is 4.98 Å². The van der Waals surface area contributed by atoms with E-state index in [0.29, 0.717) is 20.9 Å². The van der Waals surface area contributed by atoms with Gasteiger partial charge in [-0.2, -0.15) is 0 Å². The van der Waals surface area contributed by atoms with E-state index in [9.17, 15) is 13.2 Å². The number of aromatic nitrogens is 1. The maximum absolute atomic E-state index is 12.2. The maximum Gasteiger partial charge on any atom is 0.182 e. The lowest BCUT2D eigenvalue weighted by Crippen LogP contribution is -2.26. The van der Waals surface area contributed by atoms with Crippen LogP contribution in [0.2, 0.25) is 10.0 Å². The number of Topliss-reactive ketones (excluding diaryl/α,β-unsaturated/α-hetero) is 1. The quantitative estimate of drug-likeness (QED) is 0.884. The van der Waals surface area contributed by atoms with Gasteiger partial charge in [0.2, 0.25) is 0 Å². The normalized spacial score (nSPS) is 13.7. The van der Waals surface area contributed by atoms with E-state index in [1.54, 1.807) is 6.07 Å². The summed E-state index contributed by atoms with van der Waals surface area (Å²) in [5, 5.41) is 0.132. The molecule has 1 atom stereocenters. The van der Waals surface area contributed by atoms with Crippen molar-refractivity contribution in [3.05, 3.63) is 33.9 Å². The minimum Gasteiger partial charge on any atom is -0.360 e. The Morgan fingerprint density at radius 3 is 2.53 bits per heavy atom. The third kappa shape index (κ3) is 2.63. The fourth-order valence-electron chi connectivity index (χ4n) is 1.79. The first kappa shape index (κ1) is 14.4. The first-order valence-electron chi connectivity index (χ1n) is 5.41. The van der Waals surface area contributed by atoms with Crippen LogP contribution in [0.5, 0.6) is 0 Å². The second-order valence-corrected chi connectivity index (χ2v) is 7.56. The molecule has 0 radical (unpaired) electrons. The number of ketones is 1. The van der Waals surface area contributed by atoms with Crippen molar-refractivity contribution in [1.29, 1.82) is 0 Å². The van der Waals surface area contributed by atoms with Crippen LogP contribution in [0.25, 0.3) is 10.9 Å². The molecular weight excluding hydrogens is 309 g/mol. The van der Waals surface area contributed by atoms with Crippen molar-refractivity contribution in [2.75, 3.05) is 6.26 Å². The van der Waals surface area contributed by atoms with Crippen molar-refractivity contribution < 1.29 is 13.2 Å². The van der Waals surface area contributed by atoms with Crippen molar-refractivity contribution >= 4 is 49.7 Å². The topological polar surface area (TPSA) is 67.0 Å². The summed E-state index contributed by atoms with van der Waals surface area (Å²) >= 11 is 11.9. The van der Waals surface area contributed by atoms with Gasteiger partial charge in [-0.25, -0.2) is 8.42 Å². The smallest absolute Gasteiger partial charge is 0.182 e. The molecule has 7 heteroatoms. The molecule has 0 saturated carbocycles. The number of aromatic amines is 1. The SMILES string of the molecule is CC(C(=O)c1c[nH]c2cc(Cl)cc(Cl)c12)S(C)(=O)=O. The van der Waals surface area contributed by atoms with Gasteiger partial charge in [0.1, 0.15) is 5.25 Å². The highest BCUT2D eigenvalue weighted by molar-refractivity contribution is 7.92. The van der Waals surface area contributed by atoms with Crippen molar-refractivity contribution in [3.63, 3.8) is 0 Å². The van der Waals surface area contributed by atoms with E-state index in [2.05, 4.69) is 4.98 Å². The number of hydrogen-bond acceptors (Lipinski definition) is 3. The molecule has 4 nitrogen and oxygen atoms in total. The van der Waals surface area contributed by atoms with Crippen LogP contribution in [-0.4, -0.2) is 30.7 Å². The second-order valence-electron chi connectivity index (χ2n) is 4.35. The number of carbonyl (C=O) groups is 1. The highest BCUT2D eigenvalue weighted by Crippen LogP contribution is 2.31. The van der Waals surface area contributed by atoms with Crippen LogP contribution in [0.4, 0.5) is 0 Å². The largest absolute Gasteiger partial charge is 0.360 e. The number of sulfone groups is 1. The molecule has 0 bridgehead atoms. The van der Waals surface area contributed by atoms with Crippen LogP contribution in [0, 0.1) is 0 Å². The molecule has 2 aromatic rings. The Morgan fingerprint density at radius 1 is 1.32 bits per heavy atom. The van der Waals surface area contributed by atoms with E-state index in [1.165, 1.54) is 19.2 Å². The van der Waals surface area contributed by atoms with Gasteiger partial charge in [-0.3, -0.25) is 4.79 Å². The third-order valence-corrected chi connectivity index (χ3v) is 4.99. The summed E-state index contributed by atoms with van der Waals surface area (Å²) in [6.45, 7) is 1.36. The average Bonchev–Trinajstić information content (AvgIpc) is 2.69. The summed E-state index contributed by atoms with van der Waals surface area (Å²) in [5.41, 5.74) is 0.858. The molecule has 0 saturated heterocycles. The van der Waals surface area contributed by atoms with Gasteiger partial charge in [-0.15, -0.1) is 0 Å². The Labute approximate surface area is 120 Å². The molecular formula is C12H11Cl2NO3S. The third-order valence-electron chi connectivity index (χ3n) is 2.97. The fraction of sp³-hybridized carbons (Fsp3) is 0.250. The van der Waals surface area contributed by atoms with E-state index in [4.69, 9.17) is 23.2 Å². The number of nitrogens with one attached hydrogen (secondary N) is 1. The number of halogens is 2. The summed E-state index contributed by atoms with van der Waals surface area (Å²) in [4.78, 5) is 15.1. The molecule has 1 aromatic heterocycles. The lowest BCUT2D eigenvalue weighted by atomic mass is 10.1. The van der Waals surface area contributed by atoms with Crippen molar-refractivity contribution in [2.24, 2.45) is 0 Å². The van der Waals surface area contributed by atoms with Crippen LogP contribution in [0.3, 0.4) is 0 Å². The molecule has 1 heterocycles. The summed E-state index contributed by atoms with van der Waals surface area (Å²) < 4.78 is 22.9. The van der Waals surface area contributed by atoms with E-state index in [-0.39, 0.29) is 5.56 Å². The van der Waals surface area contributed by atoms with Gasteiger partial charge in [0.25, 0.3) is 0 Å².